The number of nitro groups is 1. The van der Waals surface area contributed by atoms with E-state index in [0.717, 1.165) is 0 Å². The first-order valence-electron chi connectivity index (χ1n) is 3.10. The molecule has 0 atom stereocenters. The Balaban J connectivity index is 3.17. The van der Waals surface area contributed by atoms with Gasteiger partial charge in [0.25, 0.3) is 0 Å². The Labute approximate surface area is 68.1 Å². The number of hydrogen-bond donors (Lipinski definition) is 1. The van der Waals surface area contributed by atoms with Crippen molar-refractivity contribution in [1.29, 1.82) is 0 Å². The average Bonchev–Trinajstić information content (AvgIpc) is 2.05. The first-order valence-corrected chi connectivity index (χ1v) is 3.10. The van der Waals surface area contributed by atoms with E-state index >= 15 is 0 Å². The van der Waals surface area contributed by atoms with Crippen LogP contribution in [0.15, 0.2) is 12.1 Å². The molecule has 0 fully saturated rings. The van der Waals surface area contributed by atoms with Gasteiger partial charge in [0.15, 0.2) is 0 Å². The van der Waals surface area contributed by atoms with Crippen LogP contribution in [-0.2, 0) is 0 Å². The van der Waals surface area contributed by atoms with E-state index in [4.69, 9.17) is 5.73 Å². The highest BCUT2D eigenvalue weighted by molar-refractivity contribution is 5.53. The molecule has 1 aromatic heterocycles. The maximum absolute atomic E-state index is 10.3. The molecule has 0 unspecified atom stereocenters. The van der Waals surface area contributed by atoms with E-state index in [1.54, 1.807) is 0 Å². The van der Waals surface area contributed by atoms with Gasteiger partial charge >= 0.3 is 11.7 Å². The van der Waals surface area contributed by atoms with Gasteiger partial charge in [-0.3, -0.25) is 0 Å². The number of nitrogens with zero attached hydrogens (tertiary/aromatic N) is 2. The summed E-state index contributed by atoms with van der Waals surface area (Å²) in [5.74, 6) is -0.203. The van der Waals surface area contributed by atoms with Crippen LogP contribution in [0.2, 0.25) is 0 Å². The molecule has 6 nitrogen and oxygen atoms in total. The Bertz CT molecular complexity index is 313. The smallest absolute Gasteiger partial charge is 0.390 e. The largest absolute Gasteiger partial charge is 0.463 e. The zero-order valence-electron chi connectivity index (χ0n) is 6.35. The molecule has 12 heavy (non-hydrogen) atoms. The molecule has 6 heteroatoms. The van der Waals surface area contributed by atoms with Crippen molar-refractivity contribution in [3.05, 3.63) is 22.2 Å². The zero-order chi connectivity index (χ0) is 9.14. The molecular weight excluding hydrogens is 162 g/mol. The molecular formula is C6H7N3O3. The number of anilines is 1. The number of rotatable bonds is 2. The fourth-order valence-corrected chi connectivity index (χ4v) is 0.702. The van der Waals surface area contributed by atoms with Crippen LogP contribution in [0, 0.1) is 10.1 Å². The van der Waals surface area contributed by atoms with Crippen molar-refractivity contribution in [2.24, 2.45) is 0 Å². The van der Waals surface area contributed by atoms with Gasteiger partial charge < -0.3 is 20.6 Å². The molecule has 0 amide bonds. The molecule has 0 aliphatic rings. The summed E-state index contributed by atoms with van der Waals surface area (Å²) in [6, 6.07) is 2.84. The minimum absolute atomic E-state index is 0.0285. The summed E-state index contributed by atoms with van der Waals surface area (Å²) in [5, 5.41) is 10.3. The quantitative estimate of drug-likeness (QED) is 0.516. The van der Waals surface area contributed by atoms with Gasteiger partial charge in [-0.05, 0) is 11.0 Å². The van der Waals surface area contributed by atoms with Gasteiger partial charge in [0, 0.05) is 11.1 Å². The third kappa shape index (κ3) is 1.42. The summed E-state index contributed by atoms with van der Waals surface area (Å²) in [4.78, 5) is 13.2. The minimum Gasteiger partial charge on any atom is -0.463 e. The Morgan fingerprint density at radius 1 is 1.67 bits per heavy atom. The van der Waals surface area contributed by atoms with E-state index in [9.17, 15) is 10.1 Å². The lowest BCUT2D eigenvalue weighted by atomic mass is 10.4. The molecule has 0 spiro atoms. The van der Waals surface area contributed by atoms with Gasteiger partial charge in [0.1, 0.15) is 5.69 Å². The van der Waals surface area contributed by atoms with Crippen LogP contribution in [0.1, 0.15) is 0 Å². The van der Waals surface area contributed by atoms with Crippen LogP contribution in [0.25, 0.3) is 0 Å². The van der Waals surface area contributed by atoms with Crippen LogP contribution in [-0.4, -0.2) is 17.0 Å². The lowest BCUT2D eigenvalue weighted by Crippen LogP contribution is -1.99. The molecule has 0 saturated heterocycles. The van der Waals surface area contributed by atoms with Gasteiger partial charge in [-0.15, -0.1) is 0 Å². The molecule has 64 valence electrons. The second-order valence-electron chi connectivity index (χ2n) is 2.02. The number of nitrogen functional groups attached to an aromatic ring is 1. The molecule has 0 aromatic carbocycles. The molecule has 1 heterocycles. The number of pyridine rings is 1. The van der Waals surface area contributed by atoms with E-state index in [-0.39, 0.29) is 17.4 Å². The fraction of sp³-hybridized carbons (Fsp3) is 0.167. The predicted molar refractivity (Wildman–Crippen MR) is 41.9 cm³/mol. The first kappa shape index (κ1) is 8.25. The maximum atomic E-state index is 10.3. The van der Waals surface area contributed by atoms with E-state index < -0.39 is 4.92 Å². The van der Waals surface area contributed by atoms with Crippen LogP contribution in [0.3, 0.4) is 0 Å². The summed E-state index contributed by atoms with van der Waals surface area (Å²) in [6.45, 7) is 0. The number of hydrogen-bond acceptors (Lipinski definition) is 5. The van der Waals surface area contributed by atoms with E-state index in [2.05, 4.69) is 9.72 Å². The number of methoxy groups -OCH3 is 1. The normalized spacial score (nSPS) is 9.42. The Hall–Kier alpha value is -1.85. The second-order valence-corrected chi connectivity index (χ2v) is 2.02. The molecule has 0 bridgehead atoms. The van der Waals surface area contributed by atoms with Crippen LogP contribution < -0.4 is 10.5 Å². The molecule has 1 aromatic rings. The Morgan fingerprint density at radius 3 is 2.83 bits per heavy atom. The summed E-state index contributed by atoms with van der Waals surface area (Å²) in [6.07, 6.45) is 0. The van der Waals surface area contributed by atoms with E-state index in [0.29, 0.717) is 0 Å². The van der Waals surface area contributed by atoms with Crippen LogP contribution in [0.5, 0.6) is 5.88 Å². The van der Waals surface area contributed by atoms with Gasteiger partial charge in [-0.25, -0.2) is 0 Å². The molecule has 0 aliphatic heterocycles. The highest BCUT2D eigenvalue weighted by Gasteiger charge is 2.14. The number of nitrogens with two attached hydrogens (primary N) is 1. The number of ether oxygens (including phenoxy) is 1. The summed E-state index contributed by atoms with van der Waals surface area (Å²) < 4.78 is 4.69. The summed E-state index contributed by atoms with van der Waals surface area (Å²) in [7, 11) is 1.38. The van der Waals surface area contributed by atoms with Crippen molar-refractivity contribution >= 4 is 11.5 Å². The lowest BCUT2D eigenvalue weighted by Gasteiger charge is -1.97. The van der Waals surface area contributed by atoms with Gasteiger partial charge in [0.05, 0.1) is 7.11 Å². The third-order valence-electron chi connectivity index (χ3n) is 1.26. The molecule has 0 radical (unpaired) electrons. The minimum atomic E-state index is -0.655. The van der Waals surface area contributed by atoms with Gasteiger partial charge in [-0.1, -0.05) is 0 Å². The van der Waals surface area contributed by atoms with Crippen molar-refractivity contribution in [2.75, 3.05) is 12.8 Å². The number of aromatic nitrogens is 1. The standard InChI is InChI=1S/C6H7N3O3/c1-12-5-3-2-4(7)6(8-5)9(10)11/h2-3H,7H2,1H3. The zero-order valence-corrected chi connectivity index (χ0v) is 6.35. The monoisotopic (exact) mass is 169 g/mol. The predicted octanol–water partition coefficient (Wildman–Crippen LogP) is 0.581. The molecule has 2 N–H and O–H groups in total. The molecule has 1 rings (SSSR count). The van der Waals surface area contributed by atoms with Crippen molar-refractivity contribution in [3.8, 4) is 5.88 Å². The van der Waals surface area contributed by atoms with E-state index in [1.807, 2.05) is 0 Å². The summed E-state index contributed by atoms with van der Waals surface area (Å²) >= 11 is 0. The van der Waals surface area contributed by atoms with Gasteiger partial charge in [0.2, 0.25) is 0 Å². The highest BCUT2D eigenvalue weighted by atomic mass is 16.6. The molecule has 0 aliphatic carbocycles. The third-order valence-corrected chi connectivity index (χ3v) is 1.26. The van der Waals surface area contributed by atoms with Crippen molar-refractivity contribution in [1.82, 2.24) is 4.98 Å². The fourth-order valence-electron chi connectivity index (χ4n) is 0.702. The van der Waals surface area contributed by atoms with Crippen molar-refractivity contribution < 1.29 is 9.66 Å². The first-order chi connectivity index (χ1) is 5.65. The van der Waals surface area contributed by atoms with E-state index in [1.165, 1.54) is 19.2 Å². The van der Waals surface area contributed by atoms with Crippen molar-refractivity contribution in [3.63, 3.8) is 0 Å². The molecule has 0 saturated carbocycles. The lowest BCUT2D eigenvalue weighted by molar-refractivity contribution is -0.388. The average molecular weight is 169 g/mol. The van der Waals surface area contributed by atoms with Crippen LogP contribution >= 0.6 is 0 Å². The Morgan fingerprint density at radius 2 is 2.33 bits per heavy atom. The SMILES string of the molecule is COc1ccc(N)c([N+](=O)[O-])n1. The van der Waals surface area contributed by atoms with Gasteiger partial charge in [-0.2, -0.15) is 0 Å². The highest BCUT2D eigenvalue weighted by Crippen LogP contribution is 2.20. The topological polar surface area (TPSA) is 91.3 Å². The second kappa shape index (κ2) is 3.04. The van der Waals surface area contributed by atoms with Crippen LogP contribution in [0.4, 0.5) is 11.5 Å². The maximum Gasteiger partial charge on any atom is 0.390 e. The summed E-state index contributed by atoms with van der Waals surface area (Å²) in [5.41, 5.74) is 5.31. The van der Waals surface area contributed by atoms with Crippen molar-refractivity contribution in [2.45, 2.75) is 0 Å². The Kier molecular flexibility index (Phi) is 2.09.